The molecule has 0 heterocycles. The Morgan fingerprint density at radius 2 is 1.80 bits per heavy atom. The second-order valence-electron chi connectivity index (χ2n) is 6.89. The van der Waals surface area contributed by atoms with Crippen LogP contribution < -0.4 is 5.32 Å². The van der Waals surface area contributed by atoms with Crippen LogP contribution in [-0.4, -0.2) is 6.09 Å². The molecular weight excluding hydrogens is 312 g/mol. The Balaban J connectivity index is 1.36. The molecule has 1 amide bonds. The van der Waals surface area contributed by atoms with Crippen LogP contribution >= 0.6 is 0 Å². The number of rotatable bonds is 4. The zero-order valence-corrected chi connectivity index (χ0v) is 13.9. The Bertz CT molecular complexity index is 798. The van der Waals surface area contributed by atoms with Gasteiger partial charge in [-0.05, 0) is 47.9 Å². The van der Waals surface area contributed by atoms with E-state index in [-0.39, 0.29) is 12.0 Å². The number of fused-ring (bicyclic) bond motifs is 1. The van der Waals surface area contributed by atoms with Gasteiger partial charge < -0.3 is 4.74 Å². The smallest absolute Gasteiger partial charge is 0.411 e. The minimum absolute atomic E-state index is 0.242. The van der Waals surface area contributed by atoms with Crippen molar-refractivity contribution in [3.63, 3.8) is 0 Å². The van der Waals surface area contributed by atoms with Crippen LogP contribution in [0.3, 0.4) is 0 Å². The van der Waals surface area contributed by atoms with E-state index < -0.39 is 6.09 Å². The number of carbonyl (C=O) groups is 1. The zero-order chi connectivity index (χ0) is 17.3. The number of carbonyl (C=O) groups excluding carboxylic acids is 1. The van der Waals surface area contributed by atoms with Crippen molar-refractivity contribution in [2.75, 3.05) is 5.32 Å². The molecule has 4 rings (SSSR count). The van der Waals surface area contributed by atoms with E-state index >= 15 is 0 Å². The molecule has 0 spiro atoms. The highest BCUT2D eigenvalue weighted by atomic mass is 16.5. The number of ether oxygens (including phenoxy) is 1. The van der Waals surface area contributed by atoms with Crippen LogP contribution in [0.4, 0.5) is 10.5 Å². The number of benzene rings is 2. The lowest BCUT2D eigenvalue weighted by atomic mass is 9.89. The maximum atomic E-state index is 11.9. The van der Waals surface area contributed by atoms with Gasteiger partial charge >= 0.3 is 6.09 Å². The molecule has 0 saturated heterocycles. The normalized spacial score (nSPS) is 26.4. The van der Waals surface area contributed by atoms with Gasteiger partial charge in [-0.3, -0.25) is 5.32 Å². The molecule has 0 radical (unpaired) electrons. The lowest BCUT2D eigenvalue weighted by molar-refractivity contribution is 0.155. The largest absolute Gasteiger partial charge is 0.444 e. The van der Waals surface area contributed by atoms with E-state index in [4.69, 9.17) is 4.74 Å². The van der Waals surface area contributed by atoms with Gasteiger partial charge in [-0.2, -0.15) is 5.26 Å². The first-order valence-electron chi connectivity index (χ1n) is 8.73. The minimum atomic E-state index is -0.477. The molecule has 25 heavy (non-hydrogen) atoms. The number of nitriles is 1. The van der Waals surface area contributed by atoms with E-state index in [9.17, 15) is 10.1 Å². The summed E-state index contributed by atoms with van der Waals surface area (Å²) in [6, 6.07) is 19.8. The molecular formula is C21H20N2O2. The monoisotopic (exact) mass is 332 g/mol. The second kappa shape index (κ2) is 6.25. The lowest BCUT2D eigenvalue weighted by Gasteiger charge is -2.14. The number of nitrogens with zero attached hydrogens (tertiary/aromatic N) is 1. The highest BCUT2D eigenvalue weighted by Gasteiger charge is 2.67. The van der Waals surface area contributed by atoms with Gasteiger partial charge in [0.2, 0.25) is 0 Å². The Labute approximate surface area is 147 Å². The van der Waals surface area contributed by atoms with Crippen molar-refractivity contribution in [1.29, 1.82) is 5.26 Å². The number of anilines is 1. The Morgan fingerprint density at radius 1 is 1.12 bits per heavy atom. The summed E-state index contributed by atoms with van der Waals surface area (Å²) in [6.45, 7) is 0.242. The molecule has 4 nitrogen and oxygen atoms in total. The van der Waals surface area contributed by atoms with E-state index in [1.54, 1.807) is 0 Å². The summed E-state index contributed by atoms with van der Waals surface area (Å²) < 4.78 is 5.22. The average Bonchev–Trinajstić information content (AvgIpc) is 3.00. The highest BCUT2D eigenvalue weighted by Crippen LogP contribution is 2.67. The van der Waals surface area contributed by atoms with Gasteiger partial charge in [-0.15, -0.1) is 0 Å². The molecule has 2 fully saturated rings. The summed E-state index contributed by atoms with van der Waals surface area (Å²) in [5, 5.41) is 12.4. The molecule has 126 valence electrons. The summed E-state index contributed by atoms with van der Waals surface area (Å²) in [5.41, 5.74) is 2.42. The first-order valence-corrected chi connectivity index (χ1v) is 8.73. The van der Waals surface area contributed by atoms with Crippen LogP contribution in [0.2, 0.25) is 0 Å². The van der Waals surface area contributed by atoms with Crippen molar-refractivity contribution in [3.8, 4) is 6.07 Å². The van der Waals surface area contributed by atoms with E-state index in [0.717, 1.165) is 24.0 Å². The molecule has 3 atom stereocenters. The second-order valence-corrected chi connectivity index (χ2v) is 6.89. The van der Waals surface area contributed by atoms with Crippen molar-refractivity contribution in [2.24, 2.45) is 11.8 Å². The summed E-state index contributed by atoms with van der Waals surface area (Å²) in [4.78, 5) is 11.9. The SMILES string of the molecule is N#C[C@@]1(c2ccc(NC(=O)OCc3ccccc3)cc2)C2CCC[C@@H]21. The van der Waals surface area contributed by atoms with Crippen LogP contribution in [0.5, 0.6) is 0 Å². The Hall–Kier alpha value is -2.80. The first kappa shape index (κ1) is 15.7. The average molecular weight is 332 g/mol. The molecule has 0 bridgehead atoms. The molecule has 2 aromatic rings. The van der Waals surface area contributed by atoms with Gasteiger partial charge in [-0.25, -0.2) is 4.79 Å². The molecule has 2 aromatic carbocycles. The van der Waals surface area contributed by atoms with Crippen molar-refractivity contribution in [1.82, 2.24) is 0 Å². The van der Waals surface area contributed by atoms with Crippen LogP contribution in [0, 0.1) is 23.2 Å². The summed E-state index contributed by atoms with van der Waals surface area (Å²) in [5.74, 6) is 1.04. The van der Waals surface area contributed by atoms with Gasteiger partial charge in [0.15, 0.2) is 0 Å². The fraction of sp³-hybridized carbons (Fsp3) is 0.333. The summed E-state index contributed by atoms with van der Waals surface area (Å²) >= 11 is 0. The zero-order valence-electron chi connectivity index (χ0n) is 13.9. The van der Waals surface area contributed by atoms with Crippen molar-refractivity contribution in [2.45, 2.75) is 31.3 Å². The number of amides is 1. The van der Waals surface area contributed by atoms with E-state index in [0.29, 0.717) is 17.5 Å². The van der Waals surface area contributed by atoms with Gasteiger partial charge in [0.1, 0.15) is 6.61 Å². The maximum absolute atomic E-state index is 11.9. The summed E-state index contributed by atoms with van der Waals surface area (Å²) in [6.07, 6.45) is 3.08. The van der Waals surface area contributed by atoms with E-state index in [1.807, 2.05) is 54.6 Å². The molecule has 0 aliphatic heterocycles. The van der Waals surface area contributed by atoms with Crippen LogP contribution in [0.15, 0.2) is 54.6 Å². The predicted octanol–water partition coefficient (Wildman–Crippen LogP) is 4.63. The van der Waals surface area contributed by atoms with Crippen LogP contribution in [-0.2, 0) is 16.8 Å². The van der Waals surface area contributed by atoms with E-state index in [1.165, 1.54) is 6.42 Å². The fourth-order valence-electron chi connectivity index (χ4n) is 4.32. The molecule has 2 aliphatic carbocycles. The first-order chi connectivity index (χ1) is 12.2. The molecule has 0 aromatic heterocycles. The predicted molar refractivity (Wildman–Crippen MR) is 94.8 cm³/mol. The van der Waals surface area contributed by atoms with Crippen LogP contribution in [0.25, 0.3) is 0 Å². The summed E-state index contributed by atoms with van der Waals surface area (Å²) in [7, 11) is 0. The Kier molecular flexibility index (Phi) is 3.93. The molecule has 1 N–H and O–H groups in total. The standard InChI is InChI=1S/C21H20N2O2/c22-14-21(18-7-4-8-19(18)21)16-9-11-17(12-10-16)23-20(24)25-13-15-5-2-1-3-6-15/h1-3,5-6,9-12,18-19H,4,7-8,13H2,(H,23,24)/t18-,19?,21-/m0/s1. The van der Waals surface area contributed by atoms with Gasteiger partial charge in [-0.1, -0.05) is 48.9 Å². The Morgan fingerprint density at radius 3 is 2.44 bits per heavy atom. The third kappa shape index (κ3) is 2.76. The van der Waals surface area contributed by atoms with Crippen LogP contribution in [0.1, 0.15) is 30.4 Å². The molecule has 1 unspecified atom stereocenters. The van der Waals surface area contributed by atoms with Gasteiger partial charge in [0, 0.05) is 5.69 Å². The maximum Gasteiger partial charge on any atom is 0.411 e. The topological polar surface area (TPSA) is 62.1 Å². The van der Waals surface area contributed by atoms with E-state index in [2.05, 4.69) is 11.4 Å². The number of hydrogen-bond donors (Lipinski definition) is 1. The number of nitrogens with one attached hydrogen (secondary N) is 1. The molecule has 4 heteroatoms. The van der Waals surface area contributed by atoms with Crippen molar-refractivity contribution in [3.05, 3.63) is 65.7 Å². The third-order valence-corrected chi connectivity index (χ3v) is 5.58. The number of hydrogen-bond acceptors (Lipinski definition) is 3. The van der Waals surface area contributed by atoms with Gasteiger partial charge in [0.25, 0.3) is 0 Å². The fourth-order valence-corrected chi connectivity index (χ4v) is 4.32. The molecule has 2 aliphatic rings. The quantitative estimate of drug-likeness (QED) is 0.888. The van der Waals surface area contributed by atoms with Gasteiger partial charge in [0.05, 0.1) is 11.5 Å². The third-order valence-electron chi connectivity index (χ3n) is 5.58. The van der Waals surface area contributed by atoms with Crippen molar-refractivity contribution < 1.29 is 9.53 Å². The highest BCUT2D eigenvalue weighted by molar-refractivity contribution is 5.84. The molecule has 2 saturated carbocycles. The lowest BCUT2D eigenvalue weighted by Crippen LogP contribution is -2.14. The van der Waals surface area contributed by atoms with Crippen molar-refractivity contribution >= 4 is 11.8 Å². The minimum Gasteiger partial charge on any atom is -0.444 e.